The molecule has 0 aliphatic heterocycles. The summed E-state index contributed by atoms with van der Waals surface area (Å²) < 4.78 is 9.51. The molecule has 0 atom stereocenters. The second-order valence-corrected chi connectivity index (χ2v) is 3.12. The lowest BCUT2D eigenvalue weighted by Gasteiger charge is -2.05. The van der Waals surface area contributed by atoms with Gasteiger partial charge in [-0.15, -0.1) is 0 Å². The Morgan fingerprint density at radius 2 is 1.80 bits per heavy atom. The van der Waals surface area contributed by atoms with E-state index in [9.17, 15) is 4.79 Å². The monoisotopic (exact) mass is 206 g/mol. The first-order valence-electron chi connectivity index (χ1n) is 4.57. The van der Waals surface area contributed by atoms with Gasteiger partial charge in [0.2, 0.25) is 0 Å². The Hall–Kier alpha value is -1.77. The van der Waals surface area contributed by atoms with E-state index < -0.39 is 5.97 Å². The Morgan fingerprint density at radius 3 is 2.27 bits per heavy atom. The molecule has 1 aromatic carbocycles. The highest BCUT2D eigenvalue weighted by atomic mass is 16.5. The molecule has 0 heterocycles. The van der Waals surface area contributed by atoms with Gasteiger partial charge in [0.1, 0.15) is 5.57 Å². The van der Waals surface area contributed by atoms with Crippen molar-refractivity contribution in [3.63, 3.8) is 0 Å². The number of methoxy groups -OCH3 is 2. The Kier molecular flexibility index (Phi) is 3.92. The van der Waals surface area contributed by atoms with Gasteiger partial charge in [-0.3, -0.25) is 0 Å². The van der Waals surface area contributed by atoms with E-state index in [1.165, 1.54) is 20.5 Å². The second-order valence-electron chi connectivity index (χ2n) is 3.12. The molecule has 0 aliphatic rings. The molecule has 0 amide bonds. The first-order valence-corrected chi connectivity index (χ1v) is 4.57. The number of ether oxygens (including phenoxy) is 2. The quantitative estimate of drug-likeness (QED) is 0.432. The van der Waals surface area contributed by atoms with E-state index in [4.69, 9.17) is 4.74 Å². The van der Waals surface area contributed by atoms with Crippen molar-refractivity contribution in [3.05, 3.63) is 41.7 Å². The summed E-state index contributed by atoms with van der Waals surface area (Å²) in [6.07, 6.45) is 1.39. The maximum Gasteiger partial charge on any atom is 0.341 e. The van der Waals surface area contributed by atoms with Gasteiger partial charge in [0.15, 0.2) is 0 Å². The van der Waals surface area contributed by atoms with E-state index in [1.54, 1.807) is 0 Å². The maximum atomic E-state index is 11.4. The molecular weight excluding hydrogens is 192 g/mol. The zero-order chi connectivity index (χ0) is 11.3. The highest BCUT2D eigenvalue weighted by Gasteiger charge is 2.12. The van der Waals surface area contributed by atoms with Crippen molar-refractivity contribution in [1.29, 1.82) is 0 Å². The Morgan fingerprint density at radius 1 is 1.20 bits per heavy atom. The molecule has 80 valence electrons. The fourth-order valence-corrected chi connectivity index (χ4v) is 1.19. The van der Waals surface area contributed by atoms with Crippen LogP contribution < -0.4 is 0 Å². The van der Waals surface area contributed by atoms with E-state index in [1.807, 2.05) is 31.2 Å². The lowest BCUT2D eigenvalue weighted by atomic mass is 10.1. The molecule has 0 bridgehead atoms. The SMILES string of the molecule is CO/C=C(/C(=O)OC)c1ccc(C)cc1. The van der Waals surface area contributed by atoms with E-state index in [2.05, 4.69) is 4.74 Å². The molecule has 0 saturated heterocycles. The fraction of sp³-hybridized carbons (Fsp3) is 0.250. The van der Waals surface area contributed by atoms with Gasteiger partial charge in [-0.1, -0.05) is 29.8 Å². The Balaban J connectivity index is 3.05. The second kappa shape index (κ2) is 5.20. The molecule has 0 saturated carbocycles. The summed E-state index contributed by atoms with van der Waals surface area (Å²) in [5, 5.41) is 0. The lowest BCUT2D eigenvalue weighted by molar-refractivity contribution is -0.133. The molecular formula is C12H14O3. The first kappa shape index (κ1) is 11.3. The summed E-state index contributed by atoms with van der Waals surface area (Å²) >= 11 is 0. The van der Waals surface area contributed by atoms with Crippen LogP contribution in [0.3, 0.4) is 0 Å². The van der Waals surface area contributed by atoms with Crippen molar-refractivity contribution < 1.29 is 14.3 Å². The van der Waals surface area contributed by atoms with Crippen LogP contribution in [0, 0.1) is 6.92 Å². The van der Waals surface area contributed by atoms with Crippen LogP contribution in [0.15, 0.2) is 30.5 Å². The maximum absolute atomic E-state index is 11.4. The molecule has 0 aromatic heterocycles. The molecule has 3 nitrogen and oxygen atoms in total. The fourth-order valence-electron chi connectivity index (χ4n) is 1.19. The molecule has 0 spiro atoms. The molecule has 0 fully saturated rings. The summed E-state index contributed by atoms with van der Waals surface area (Å²) in [4.78, 5) is 11.4. The largest absolute Gasteiger partial charge is 0.503 e. The zero-order valence-corrected chi connectivity index (χ0v) is 9.11. The van der Waals surface area contributed by atoms with Gasteiger partial charge in [-0.2, -0.15) is 0 Å². The zero-order valence-electron chi connectivity index (χ0n) is 9.11. The molecule has 3 heteroatoms. The predicted octanol–water partition coefficient (Wildman–Crippen LogP) is 2.16. The van der Waals surface area contributed by atoms with Gasteiger partial charge in [0.05, 0.1) is 20.5 Å². The first-order chi connectivity index (χ1) is 7.19. The Bertz CT molecular complexity index is 363. The van der Waals surface area contributed by atoms with Gasteiger partial charge in [-0.05, 0) is 12.5 Å². The van der Waals surface area contributed by atoms with Gasteiger partial charge >= 0.3 is 5.97 Å². The Labute approximate surface area is 89.3 Å². The number of esters is 1. The number of hydrogen-bond acceptors (Lipinski definition) is 3. The van der Waals surface area contributed by atoms with E-state index in [-0.39, 0.29) is 0 Å². The summed E-state index contributed by atoms with van der Waals surface area (Å²) in [6, 6.07) is 7.58. The lowest BCUT2D eigenvalue weighted by Crippen LogP contribution is -2.04. The van der Waals surface area contributed by atoms with Gasteiger partial charge < -0.3 is 9.47 Å². The van der Waals surface area contributed by atoms with Crippen molar-refractivity contribution >= 4 is 11.5 Å². The molecule has 1 rings (SSSR count). The summed E-state index contributed by atoms with van der Waals surface area (Å²) in [7, 11) is 2.84. The number of benzene rings is 1. The van der Waals surface area contributed by atoms with Crippen molar-refractivity contribution in [2.75, 3.05) is 14.2 Å². The highest BCUT2D eigenvalue weighted by molar-refractivity contribution is 6.16. The third-order valence-corrected chi connectivity index (χ3v) is 2.00. The van der Waals surface area contributed by atoms with Crippen molar-refractivity contribution in [3.8, 4) is 0 Å². The third kappa shape index (κ3) is 2.84. The molecule has 1 aromatic rings. The van der Waals surface area contributed by atoms with Crippen molar-refractivity contribution in [1.82, 2.24) is 0 Å². The molecule has 0 aliphatic carbocycles. The smallest absolute Gasteiger partial charge is 0.341 e. The van der Waals surface area contributed by atoms with Crippen LogP contribution in [0.2, 0.25) is 0 Å². The summed E-state index contributed by atoms with van der Waals surface area (Å²) in [5.41, 5.74) is 2.34. The number of rotatable bonds is 3. The van der Waals surface area contributed by atoms with Crippen LogP contribution in [-0.2, 0) is 14.3 Å². The number of hydrogen-bond donors (Lipinski definition) is 0. The number of aryl methyl sites for hydroxylation is 1. The van der Waals surface area contributed by atoms with Crippen LogP contribution in [-0.4, -0.2) is 20.2 Å². The highest BCUT2D eigenvalue weighted by Crippen LogP contribution is 2.16. The van der Waals surface area contributed by atoms with Gasteiger partial charge in [-0.25, -0.2) is 4.79 Å². The van der Waals surface area contributed by atoms with Crippen LogP contribution in [0.1, 0.15) is 11.1 Å². The van der Waals surface area contributed by atoms with Crippen molar-refractivity contribution in [2.45, 2.75) is 6.92 Å². The van der Waals surface area contributed by atoms with Gasteiger partial charge in [0.25, 0.3) is 0 Å². The minimum Gasteiger partial charge on any atom is -0.503 e. The van der Waals surface area contributed by atoms with Crippen LogP contribution >= 0.6 is 0 Å². The number of carbonyl (C=O) groups excluding carboxylic acids is 1. The standard InChI is InChI=1S/C12H14O3/c1-9-4-6-10(7-5-9)11(8-14-2)12(13)15-3/h4-8H,1-3H3/b11-8+. The van der Waals surface area contributed by atoms with Crippen LogP contribution in [0.25, 0.3) is 5.57 Å². The van der Waals surface area contributed by atoms with Crippen molar-refractivity contribution in [2.24, 2.45) is 0 Å². The summed E-state index contributed by atoms with van der Waals surface area (Å²) in [6.45, 7) is 1.99. The van der Waals surface area contributed by atoms with E-state index in [0.717, 1.165) is 11.1 Å². The number of carbonyl (C=O) groups is 1. The normalized spacial score (nSPS) is 11.0. The topological polar surface area (TPSA) is 35.5 Å². The molecule has 0 N–H and O–H groups in total. The van der Waals surface area contributed by atoms with E-state index >= 15 is 0 Å². The van der Waals surface area contributed by atoms with Crippen LogP contribution in [0.4, 0.5) is 0 Å². The third-order valence-electron chi connectivity index (χ3n) is 2.00. The minimum atomic E-state index is -0.402. The van der Waals surface area contributed by atoms with Gasteiger partial charge in [0, 0.05) is 0 Å². The average Bonchev–Trinajstić information content (AvgIpc) is 2.26. The van der Waals surface area contributed by atoms with E-state index in [0.29, 0.717) is 5.57 Å². The summed E-state index contributed by atoms with van der Waals surface area (Å²) in [5.74, 6) is -0.402. The average molecular weight is 206 g/mol. The predicted molar refractivity (Wildman–Crippen MR) is 58.2 cm³/mol. The molecule has 15 heavy (non-hydrogen) atoms. The minimum absolute atomic E-state index is 0.402. The molecule has 0 radical (unpaired) electrons. The molecule has 0 unspecified atom stereocenters. The van der Waals surface area contributed by atoms with Crippen LogP contribution in [0.5, 0.6) is 0 Å².